The quantitative estimate of drug-likeness (QED) is 0.878. The number of halogens is 3. The van der Waals surface area contributed by atoms with Gasteiger partial charge in [0.05, 0.1) is 11.4 Å². The molecule has 0 heterocycles. The third kappa shape index (κ3) is 5.82. The van der Waals surface area contributed by atoms with Gasteiger partial charge in [0.25, 0.3) is 0 Å². The molecule has 8 heteroatoms. The molecule has 0 aliphatic heterocycles. The number of anilines is 1. The highest BCUT2D eigenvalue weighted by Gasteiger charge is 2.29. The van der Waals surface area contributed by atoms with E-state index in [0.29, 0.717) is 6.42 Å². The maximum Gasteiger partial charge on any atom is 0.422 e. The molecule has 0 saturated heterocycles. The van der Waals surface area contributed by atoms with Crippen LogP contribution in [0.3, 0.4) is 0 Å². The van der Waals surface area contributed by atoms with Crippen LogP contribution < -0.4 is 9.46 Å². The maximum absolute atomic E-state index is 12.1. The molecule has 1 N–H and O–H groups in total. The summed E-state index contributed by atoms with van der Waals surface area (Å²) in [5.41, 5.74) is 0.000185. The van der Waals surface area contributed by atoms with Gasteiger partial charge in [-0.1, -0.05) is 19.1 Å². The summed E-state index contributed by atoms with van der Waals surface area (Å²) in [5, 5.41) is 0. The molecule has 0 unspecified atom stereocenters. The van der Waals surface area contributed by atoms with Crippen molar-refractivity contribution in [2.75, 3.05) is 17.1 Å². The second kappa shape index (κ2) is 6.14. The van der Waals surface area contributed by atoms with Crippen LogP contribution in [0.1, 0.15) is 13.3 Å². The van der Waals surface area contributed by atoms with Crippen molar-refractivity contribution in [3.8, 4) is 5.75 Å². The Labute approximate surface area is 109 Å². The van der Waals surface area contributed by atoms with E-state index in [-0.39, 0.29) is 17.2 Å². The first kappa shape index (κ1) is 15.6. The van der Waals surface area contributed by atoms with Gasteiger partial charge in [-0.15, -0.1) is 0 Å². The average Bonchev–Trinajstić information content (AvgIpc) is 2.26. The summed E-state index contributed by atoms with van der Waals surface area (Å²) in [5.74, 6) is -0.264. The lowest BCUT2D eigenvalue weighted by Gasteiger charge is -2.14. The van der Waals surface area contributed by atoms with Crippen molar-refractivity contribution in [2.45, 2.75) is 19.5 Å². The lowest BCUT2D eigenvalue weighted by molar-refractivity contribution is -0.153. The molecular weight excluding hydrogens is 283 g/mol. The molecular formula is C11H14F3NO3S. The van der Waals surface area contributed by atoms with Crippen LogP contribution in [0, 0.1) is 0 Å². The van der Waals surface area contributed by atoms with E-state index in [1.807, 2.05) is 0 Å². The predicted octanol–water partition coefficient (Wildman–Crippen LogP) is 2.78. The number of hydrogen-bond donors (Lipinski definition) is 1. The van der Waals surface area contributed by atoms with E-state index < -0.39 is 22.8 Å². The summed E-state index contributed by atoms with van der Waals surface area (Å²) >= 11 is 0. The van der Waals surface area contributed by atoms with Crippen molar-refractivity contribution >= 4 is 15.7 Å². The second-order valence-electron chi connectivity index (χ2n) is 3.82. The van der Waals surface area contributed by atoms with Crippen LogP contribution in [0.15, 0.2) is 24.3 Å². The van der Waals surface area contributed by atoms with Gasteiger partial charge in [0, 0.05) is 0 Å². The molecule has 19 heavy (non-hydrogen) atoms. The van der Waals surface area contributed by atoms with Crippen LogP contribution in [-0.2, 0) is 10.0 Å². The first-order chi connectivity index (χ1) is 8.73. The molecule has 1 rings (SSSR count). The summed E-state index contributed by atoms with van der Waals surface area (Å²) < 4.78 is 66.1. The standard InChI is InChI=1S/C11H14F3NO3S/c1-2-7-19(16,17)15-9-5-3-4-6-10(9)18-8-11(12,13)14/h3-6,15H,2,7-8H2,1H3. The third-order valence-corrected chi connectivity index (χ3v) is 3.49. The number of benzene rings is 1. The number of sulfonamides is 1. The van der Waals surface area contributed by atoms with Gasteiger partial charge in [-0.05, 0) is 18.6 Å². The zero-order valence-electron chi connectivity index (χ0n) is 10.2. The minimum absolute atomic E-state index is 0.000185. The molecule has 0 bridgehead atoms. The van der Waals surface area contributed by atoms with Gasteiger partial charge in [0.15, 0.2) is 6.61 Å². The second-order valence-corrected chi connectivity index (χ2v) is 5.66. The maximum atomic E-state index is 12.1. The predicted molar refractivity (Wildman–Crippen MR) is 65.7 cm³/mol. The number of nitrogens with one attached hydrogen (secondary N) is 1. The largest absolute Gasteiger partial charge is 0.482 e. The van der Waals surface area contributed by atoms with Crippen molar-refractivity contribution in [1.82, 2.24) is 0 Å². The van der Waals surface area contributed by atoms with E-state index in [2.05, 4.69) is 9.46 Å². The fraction of sp³-hybridized carbons (Fsp3) is 0.455. The molecule has 0 aliphatic rings. The molecule has 0 aromatic heterocycles. The summed E-state index contributed by atoms with van der Waals surface area (Å²) in [7, 11) is -3.57. The smallest absolute Gasteiger partial charge is 0.422 e. The Morgan fingerprint density at radius 1 is 1.26 bits per heavy atom. The van der Waals surface area contributed by atoms with Crippen LogP contribution in [0.25, 0.3) is 0 Å². The number of alkyl halides is 3. The Kier molecular flexibility index (Phi) is 5.04. The first-order valence-electron chi connectivity index (χ1n) is 5.52. The summed E-state index contributed by atoms with van der Waals surface area (Å²) in [6, 6.07) is 5.59. The molecule has 0 amide bonds. The van der Waals surface area contributed by atoms with E-state index in [9.17, 15) is 21.6 Å². The lowest BCUT2D eigenvalue weighted by atomic mass is 10.3. The average molecular weight is 297 g/mol. The lowest BCUT2D eigenvalue weighted by Crippen LogP contribution is -2.21. The molecule has 0 radical (unpaired) electrons. The SMILES string of the molecule is CCCS(=O)(=O)Nc1ccccc1OCC(F)(F)F. The fourth-order valence-corrected chi connectivity index (χ4v) is 2.47. The van der Waals surface area contributed by atoms with E-state index in [0.717, 1.165) is 0 Å². The molecule has 0 aliphatic carbocycles. The zero-order valence-corrected chi connectivity index (χ0v) is 11.0. The zero-order chi connectivity index (χ0) is 14.5. The minimum Gasteiger partial charge on any atom is -0.482 e. The number of hydrogen-bond acceptors (Lipinski definition) is 3. The van der Waals surface area contributed by atoms with Gasteiger partial charge >= 0.3 is 6.18 Å². The molecule has 0 saturated carbocycles. The van der Waals surface area contributed by atoms with Crippen LogP contribution in [0.4, 0.5) is 18.9 Å². The van der Waals surface area contributed by atoms with Gasteiger partial charge in [-0.25, -0.2) is 8.42 Å². The monoisotopic (exact) mass is 297 g/mol. The molecule has 0 spiro atoms. The van der Waals surface area contributed by atoms with Crippen molar-refractivity contribution in [2.24, 2.45) is 0 Å². The Morgan fingerprint density at radius 3 is 2.47 bits per heavy atom. The first-order valence-corrected chi connectivity index (χ1v) is 7.18. The summed E-state index contributed by atoms with van der Waals surface area (Å²) in [4.78, 5) is 0. The molecule has 108 valence electrons. The van der Waals surface area contributed by atoms with Crippen molar-refractivity contribution in [3.05, 3.63) is 24.3 Å². The van der Waals surface area contributed by atoms with Crippen LogP contribution in [0.5, 0.6) is 5.75 Å². The van der Waals surface area contributed by atoms with E-state index in [4.69, 9.17) is 0 Å². The highest BCUT2D eigenvalue weighted by atomic mass is 32.2. The number of para-hydroxylation sites is 2. The number of rotatable bonds is 6. The minimum atomic E-state index is -4.48. The van der Waals surface area contributed by atoms with Crippen molar-refractivity contribution < 1.29 is 26.3 Å². The molecule has 0 fully saturated rings. The Bertz CT molecular complexity index is 514. The Morgan fingerprint density at radius 2 is 1.89 bits per heavy atom. The van der Waals surface area contributed by atoms with Crippen LogP contribution in [0.2, 0.25) is 0 Å². The number of ether oxygens (including phenoxy) is 1. The van der Waals surface area contributed by atoms with Crippen LogP contribution >= 0.6 is 0 Å². The van der Waals surface area contributed by atoms with Gasteiger partial charge < -0.3 is 4.74 Å². The van der Waals surface area contributed by atoms with E-state index in [1.165, 1.54) is 24.3 Å². The molecule has 4 nitrogen and oxygen atoms in total. The third-order valence-electron chi connectivity index (χ3n) is 2.02. The molecule has 1 aromatic rings. The van der Waals surface area contributed by atoms with Gasteiger partial charge in [0.2, 0.25) is 10.0 Å². The van der Waals surface area contributed by atoms with Crippen molar-refractivity contribution in [3.63, 3.8) is 0 Å². The Hall–Kier alpha value is -1.44. The summed E-state index contributed by atoms with van der Waals surface area (Å²) in [6.45, 7) is 0.213. The topological polar surface area (TPSA) is 55.4 Å². The molecule has 0 atom stereocenters. The fourth-order valence-electron chi connectivity index (χ4n) is 1.32. The van der Waals surface area contributed by atoms with Crippen LogP contribution in [-0.4, -0.2) is 27.0 Å². The summed E-state index contributed by atoms with van der Waals surface area (Å²) in [6.07, 6.45) is -4.07. The highest BCUT2D eigenvalue weighted by molar-refractivity contribution is 7.92. The van der Waals surface area contributed by atoms with Crippen molar-refractivity contribution in [1.29, 1.82) is 0 Å². The van der Waals surface area contributed by atoms with Gasteiger partial charge in [-0.3, -0.25) is 4.72 Å². The van der Waals surface area contributed by atoms with Gasteiger partial charge in [0.1, 0.15) is 5.75 Å². The molecule has 1 aromatic carbocycles. The normalized spacial score (nSPS) is 12.2. The van der Waals surface area contributed by atoms with E-state index in [1.54, 1.807) is 6.92 Å². The highest BCUT2D eigenvalue weighted by Crippen LogP contribution is 2.27. The Balaban J connectivity index is 2.84. The van der Waals surface area contributed by atoms with Gasteiger partial charge in [-0.2, -0.15) is 13.2 Å². The van der Waals surface area contributed by atoms with E-state index >= 15 is 0 Å².